The molecule has 0 N–H and O–H groups in total. The van der Waals surface area contributed by atoms with Crippen LogP contribution in [0.2, 0.25) is 0 Å². The third-order valence-corrected chi connectivity index (χ3v) is 6.51. The van der Waals surface area contributed by atoms with Gasteiger partial charge in [-0.1, -0.05) is 31.2 Å². The highest BCUT2D eigenvalue weighted by atomic mass is 32.1. The summed E-state index contributed by atoms with van der Waals surface area (Å²) in [7, 11) is 1.88. The Morgan fingerprint density at radius 1 is 1.26 bits per heavy atom. The van der Waals surface area contributed by atoms with Crippen LogP contribution in [0.5, 0.6) is 0 Å². The van der Waals surface area contributed by atoms with Crippen LogP contribution in [0, 0.1) is 11.7 Å². The van der Waals surface area contributed by atoms with Crippen LogP contribution in [-0.2, 0) is 6.42 Å². The lowest BCUT2D eigenvalue weighted by Gasteiger charge is -2.40. The molecule has 2 aromatic rings. The third-order valence-electron chi connectivity index (χ3n) is 5.65. The van der Waals surface area contributed by atoms with Gasteiger partial charge >= 0.3 is 0 Å². The average molecular weight is 389 g/mol. The number of nitrogens with zero attached hydrogens (tertiary/aromatic N) is 2. The van der Waals surface area contributed by atoms with Gasteiger partial charge in [0.25, 0.3) is 5.91 Å². The lowest BCUT2D eigenvalue weighted by atomic mass is 9.84. The minimum atomic E-state index is -0.178. The molecule has 1 saturated heterocycles. The molecule has 0 bridgehead atoms. The number of likely N-dealkylation sites (N-methyl/N-ethyl adjacent to an activating group) is 1. The predicted octanol–water partition coefficient (Wildman–Crippen LogP) is 4.69. The van der Waals surface area contributed by atoms with Crippen molar-refractivity contribution in [1.82, 2.24) is 9.80 Å². The van der Waals surface area contributed by atoms with E-state index in [2.05, 4.69) is 11.8 Å². The molecular weight excluding hydrogens is 359 g/mol. The van der Waals surface area contributed by atoms with Crippen LogP contribution >= 0.6 is 11.3 Å². The van der Waals surface area contributed by atoms with Gasteiger partial charge in [0.2, 0.25) is 0 Å². The Balaban J connectivity index is 1.78. The van der Waals surface area contributed by atoms with Crippen LogP contribution in [0.15, 0.2) is 41.8 Å². The monoisotopic (exact) mass is 388 g/mol. The number of carbonyl (C=O) groups is 1. The normalized spacial score (nSPS) is 17.0. The summed E-state index contributed by atoms with van der Waals surface area (Å²) in [6.07, 6.45) is 3.85. The fourth-order valence-electron chi connectivity index (χ4n) is 4.11. The summed E-state index contributed by atoms with van der Waals surface area (Å²) in [6.45, 7) is 5.47. The van der Waals surface area contributed by atoms with E-state index in [0.717, 1.165) is 37.4 Å². The molecule has 146 valence electrons. The first-order valence-electron chi connectivity index (χ1n) is 9.86. The largest absolute Gasteiger partial charge is 0.337 e. The van der Waals surface area contributed by atoms with Crippen LogP contribution in [0.3, 0.4) is 0 Å². The summed E-state index contributed by atoms with van der Waals surface area (Å²) in [4.78, 5) is 18.1. The fraction of sp³-hybridized carbons (Fsp3) is 0.500. The zero-order valence-corrected chi connectivity index (χ0v) is 17.1. The van der Waals surface area contributed by atoms with E-state index in [1.54, 1.807) is 6.07 Å². The lowest BCUT2D eigenvalue weighted by Crippen LogP contribution is -2.47. The van der Waals surface area contributed by atoms with Gasteiger partial charge in [-0.05, 0) is 74.3 Å². The molecular formula is C22H29FN2OS. The van der Waals surface area contributed by atoms with Crippen molar-refractivity contribution in [2.45, 2.75) is 38.6 Å². The Morgan fingerprint density at radius 2 is 2.00 bits per heavy atom. The summed E-state index contributed by atoms with van der Waals surface area (Å²) in [6, 6.07) is 10.7. The molecule has 1 aromatic carbocycles. The number of halogens is 1. The van der Waals surface area contributed by atoms with E-state index in [1.165, 1.54) is 23.8 Å². The van der Waals surface area contributed by atoms with Gasteiger partial charge in [-0.25, -0.2) is 4.39 Å². The lowest BCUT2D eigenvalue weighted by molar-refractivity contribution is 0.0594. The molecule has 3 rings (SSSR count). The van der Waals surface area contributed by atoms with Crippen LogP contribution in [-0.4, -0.2) is 48.4 Å². The van der Waals surface area contributed by atoms with Crippen molar-refractivity contribution in [1.29, 1.82) is 0 Å². The molecule has 3 nitrogen and oxygen atoms in total. The van der Waals surface area contributed by atoms with Gasteiger partial charge in [-0.15, -0.1) is 11.3 Å². The number of rotatable bonds is 7. The SMILES string of the molecule is CCCN1CCC(C(Cc2ccccc2F)N(C)C(=O)c2cccs2)CC1. The van der Waals surface area contributed by atoms with Crippen LogP contribution in [0.4, 0.5) is 4.39 Å². The number of piperidine rings is 1. The first kappa shape index (κ1) is 20.0. The Bertz CT molecular complexity index is 726. The molecule has 1 aromatic heterocycles. The van der Waals surface area contributed by atoms with E-state index in [9.17, 15) is 9.18 Å². The second kappa shape index (κ2) is 9.47. The van der Waals surface area contributed by atoms with Crippen molar-refractivity contribution in [2.75, 3.05) is 26.7 Å². The third kappa shape index (κ3) is 4.96. The minimum Gasteiger partial charge on any atom is -0.337 e. The second-order valence-corrected chi connectivity index (χ2v) is 8.38. The number of benzene rings is 1. The van der Waals surface area contributed by atoms with Gasteiger partial charge < -0.3 is 9.80 Å². The number of thiophene rings is 1. The predicted molar refractivity (Wildman–Crippen MR) is 110 cm³/mol. The van der Waals surface area contributed by atoms with Crippen molar-refractivity contribution in [3.63, 3.8) is 0 Å². The average Bonchev–Trinajstić information content (AvgIpc) is 3.22. The number of hydrogen-bond donors (Lipinski definition) is 0. The van der Waals surface area contributed by atoms with Crippen LogP contribution in [0.1, 0.15) is 41.4 Å². The maximum absolute atomic E-state index is 14.3. The Labute approximate surface area is 165 Å². The van der Waals surface area contributed by atoms with Gasteiger partial charge in [0, 0.05) is 13.1 Å². The highest BCUT2D eigenvalue weighted by Gasteiger charge is 2.32. The van der Waals surface area contributed by atoms with Crippen molar-refractivity contribution in [3.8, 4) is 0 Å². The molecule has 0 spiro atoms. The maximum atomic E-state index is 14.3. The standard InChI is InChI=1S/C22H29FN2OS/c1-3-12-25-13-10-17(11-14-25)20(16-18-7-4-5-8-19(18)23)24(2)22(26)21-9-6-15-27-21/h4-9,15,17,20H,3,10-14,16H2,1-2H3. The molecule has 0 aliphatic carbocycles. The molecule has 27 heavy (non-hydrogen) atoms. The second-order valence-electron chi connectivity index (χ2n) is 7.44. The summed E-state index contributed by atoms with van der Waals surface area (Å²) in [5, 5.41) is 1.93. The fourth-order valence-corrected chi connectivity index (χ4v) is 4.82. The summed E-state index contributed by atoms with van der Waals surface area (Å²) < 4.78 is 14.3. The summed E-state index contributed by atoms with van der Waals surface area (Å²) in [5.41, 5.74) is 0.698. The molecule has 0 saturated carbocycles. The van der Waals surface area contributed by atoms with Gasteiger partial charge in [0.15, 0.2) is 0 Å². The van der Waals surface area contributed by atoms with Crippen molar-refractivity contribution >= 4 is 17.2 Å². The Hall–Kier alpha value is -1.72. The van der Waals surface area contributed by atoms with E-state index in [-0.39, 0.29) is 17.8 Å². The van der Waals surface area contributed by atoms with Crippen molar-refractivity contribution in [2.24, 2.45) is 5.92 Å². The Kier molecular flexibility index (Phi) is 7.02. The highest BCUT2D eigenvalue weighted by Crippen LogP contribution is 2.28. The van der Waals surface area contributed by atoms with Crippen LogP contribution < -0.4 is 0 Å². The van der Waals surface area contributed by atoms with Gasteiger partial charge in [0.1, 0.15) is 5.82 Å². The highest BCUT2D eigenvalue weighted by molar-refractivity contribution is 7.12. The van der Waals surface area contributed by atoms with Crippen LogP contribution in [0.25, 0.3) is 0 Å². The zero-order chi connectivity index (χ0) is 19.2. The number of amides is 1. The quantitative estimate of drug-likeness (QED) is 0.687. The van der Waals surface area contributed by atoms with Crippen molar-refractivity contribution in [3.05, 3.63) is 58.0 Å². The molecule has 1 amide bonds. The van der Waals surface area contributed by atoms with E-state index in [0.29, 0.717) is 17.9 Å². The van der Waals surface area contributed by atoms with Gasteiger partial charge in [-0.3, -0.25) is 4.79 Å². The van der Waals surface area contributed by atoms with Crippen molar-refractivity contribution < 1.29 is 9.18 Å². The van der Waals surface area contributed by atoms with E-state index < -0.39 is 0 Å². The van der Waals surface area contributed by atoms with E-state index >= 15 is 0 Å². The number of carbonyl (C=O) groups excluding carboxylic acids is 1. The molecule has 2 heterocycles. The smallest absolute Gasteiger partial charge is 0.263 e. The molecule has 1 aliphatic heterocycles. The summed E-state index contributed by atoms with van der Waals surface area (Å²) in [5.74, 6) is 0.261. The number of hydrogen-bond acceptors (Lipinski definition) is 3. The first-order valence-corrected chi connectivity index (χ1v) is 10.7. The maximum Gasteiger partial charge on any atom is 0.263 e. The first-order chi connectivity index (χ1) is 13.1. The molecule has 0 radical (unpaired) electrons. The molecule has 1 atom stereocenters. The molecule has 1 unspecified atom stereocenters. The minimum absolute atomic E-state index is 0.0141. The summed E-state index contributed by atoms with van der Waals surface area (Å²) >= 11 is 1.47. The molecule has 5 heteroatoms. The van der Waals surface area contributed by atoms with Gasteiger partial charge in [0.05, 0.1) is 4.88 Å². The zero-order valence-electron chi connectivity index (χ0n) is 16.2. The molecule has 1 fully saturated rings. The molecule has 1 aliphatic rings. The van der Waals surface area contributed by atoms with E-state index in [4.69, 9.17) is 0 Å². The number of likely N-dealkylation sites (tertiary alicyclic amines) is 1. The van der Waals surface area contributed by atoms with Gasteiger partial charge in [-0.2, -0.15) is 0 Å². The topological polar surface area (TPSA) is 23.6 Å². The van der Waals surface area contributed by atoms with E-state index in [1.807, 2.05) is 41.6 Å². The Morgan fingerprint density at radius 3 is 2.63 bits per heavy atom.